The van der Waals surface area contributed by atoms with Crippen molar-refractivity contribution in [3.8, 4) is 11.5 Å². The molecule has 1 fully saturated rings. The molecule has 3 rings (SSSR count). The molecule has 0 radical (unpaired) electrons. The number of benzene rings is 1. The van der Waals surface area contributed by atoms with Crippen molar-refractivity contribution in [2.75, 3.05) is 13.7 Å². The molecule has 24 heavy (non-hydrogen) atoms. The van der Waals surface area contributed by atoms with Crippen molar-refractivity contribution in [1.29, 1.82) is 0 Å². The van der Waals surface area contributed by atoms with Crippen molar-refractivity contribution in [3.63, 3.8) is 0 Å². The molecule has 0 bridgehead atoms. The summed E-state index contributed by atoms with van der Waals surface area (Å²) in [6, 6.07) is 5.67. The number of hydrogen-bond acceptors (Lipinski definition) is 6. The molecule has 1 aliphatic heterocycles. The third-order valence-electron chi connectivity index (χ3n) is 4.31. The van der Waals surface area contributed by atoms with E-state index in [2.05, 4.69) is 5.16 Å². The van der Waals surface area contributed by atoms with Crippen LogP contribution in [0.2, 0.25) is 0 Å². The van der Waals surface area contributed by atoms with Crippen LogP contribution in [0, 0.1) is 0 Å². The van der Waals surface area contributed by atoms with Gasteiger partial charge in [-0.2, -0.15) is 0 Å². The molecule has 0 saturated heterocycles. The summed E-state index contributed by atoms with van der Waals surface area (Å²) in [4.78, 5) is 17.0. The summed E-state index contributed by atoms with van der Waals surface area (Å²) in [7, 11) is 1.63. The van der Waals surface area contributed by atoms with Gasteiger partial charge in [-0.25, -0.2) is 4.79 Å². The first-order valence-corrected chi connectivity index (χ1v) is 8.45. The number of carbonyl (C=O) groups excluding carboxylic acids is 1. The zero-order valence-corrected chi connectivity index (χ0v) is 14.1. The topological polar surface area (TPSA) is 66.4 Å². The van der Waals surface area contributed by atoms with Crippen LogP contribution >= 0.6 is 0 Å². The van der Waals surface area contributed by atoms with Crippen molar-refractivity contribution in [3.05, 3.63) is 23.8 Å². The predicted octanol–water partition coefficient (Wildman–Crippen LogP) is 3.07. The summed E-state index contributed by atoms with van der Waals surface area (Å²) >= 11 is 0. The minimum absolute atomic E-state index is 0.239. The Hall–Kier alpha value is -2.24. The number of carbonyl (C=O) groups is 1. The molecule has 0 N–H and O–H groups in total. The minimum atomic E-state index is -0.666. The quantitative estimate of drug-likeness (QED) is 0.749. The van der Waals surface area contributed by atoms with Gasteiger partial charge in [0, 0.05) is 12.0 Å². The second-order valence-corrected chi connectivity index (χ2v) is 5.98. The van der Waals surface area contributed by atoms with E-state index in [0.717, 1.165) is 18.4 Å². The highest BCUT2D eigenvalue weighted by Gasteiger charge is 2.30. The third kappa shape index (κ3) is 3.63. The highest BCUT2D eigenvalue weighted by molar-refractivity contribution is 6.04. The Kier molecular flexibility index (Phi) is 5.23. The summed E-state index contributed by atoms with van der Waals surface area (Å²) in [6.45, 7) is 2.10. The molecule has 2 aliphatic rings. The number of rotatable bonds is 6. The minimum Gasteiger partial charge on any atom is -0.493 e. The lowest BCUT2D eigenvalue weighted by Crippen LogP contribution is -2.23. The molecule has 6 nitrogen and oxygen atoms in total. The van der Waals surface area contributed by atoms with E-state index in [4.69, 9.17) is 19.0 Å². The number of esters is 1. The van der Waals surface area contributed by atoms with E-state index in [9.17, 15) is 4.79 Å². The SMILES string of the molecule is CCOC(=O)C1CC(c2ccc(OC)c(OC3CCCC3)c2)=NO1. The molecule has 0 amide bonds. The number of oxime groups is 1. The maximum atomic E-state index is 11.8. The van der Waals surface area contributed by atoms with E-state index in [1.165, 1.54) is 12.8 Å². The van der Waals surface area contributed by atoms with Gasteiger partial charge in [-0.3, -0.25) is 0 Å². The Balaban J connectivity index is 1.73. The fraction of sp³-hybridized carbons (Fsp3) is 0.556. The summed E-state index contributed by atoms with van der Waals surface area (Å²) in [5.74, 6) is 1.03. The molecule has 1 saturated carbocycles. The molecular formula is C18H23NO5. The van der Waals surface area contributed by atoms with Gasteiger partial charge in [-0.15, -0.1) is 0 Å². The Morgan fingerprint density at radius 1 is 1.29 bits per heavy atom. The number of hydrogen-bond donors (Lipinski definition) is 0. The van der Waals surface area contributed by atoms with Crippen molar-refractivity contribution >= 4 is 11.7 Å². The van der Waals surface area contributed by atoms with Crippen LogP contribution in [-0.4, -0.2) is 37.6 Å². The lowest BCUT2D eigenvalue weighted by atomic mass is 10.0. The largest absolute Gasteiger partial charge is 0.493 e. The maximum absolute atomic E-state index is 11.8. The van der Waals surface area contributed by atoms with Gasteiger partial charge >= 0.3 is 5.97 Å². The van der Waals surface area contributed by atoms with E-state index in [1.807, 2.05) is 18.2 Å². The molecule has 0 spiro atoms. The van der Waals surface area contributed by atoms with Gasteiger partial charge in [0.1, 0.15) is 0 Å². The van der Waals surface area contributed by atoms with E-state index >= 15 is 0 Å². The Morgan fingerprint density at radius 2 is 2.08 bits per heavy atom. The number of nitrogens with zero attached hydrogens (tertiary/aromatic N) is 1. The van der Waals surface area contributed by atoms with E-state index < -0.39 is 6.10 Å². The second-order valence-electron chi connectivity index (χ2n) is 5.98. The maximum Gasteiger partial charge on any atom is 0.350 e. The highest BCUT2D eigenvalue weighted by Crippen LogP contribution is 2.33. The number of ether oxygens (including phenoxy) is 3. The van der Waals surface area contributed by atoms with Gasteiger partial charge < -0.3 is 19.0 Å². The fourth-order valence-corrected chi connectivity index (χ4v) is 3.04. The highest BCUT2D eigenvalue weighted by atomic mass is 16.7. The van der Waals surface area contributed by atoms with E-state index in [-0.39, 0.29) is 12.1 Å². The predicted molar refractivity (Wildman–Crippen MR) is 88.5 cm³/mol. The average Bonchev–Trinajstić information content (AvgIpc) is 3.27. The standard InChI is InChI=1S/C18H23NO5/c1-3-22-18(20)17-11-14(19-24-17)12-8-9-15(21-2)16(10-12)23-13-6-4-5-7-13/h8-10,13,17H,3-7,11H2,1-2H3. The van der Waals surface area contributed by atoms with Crippen molar-refractivity contribution in [2.24, 2.45) is 5.16 Å². The first-order chi connectivity index (χ1) is 11.7. The third-order valence-corrected chi connectivity index (χ3v) is 4.31. The van der Waals surface area contributed by atoms with Crippen LogP contribution in [0.5, 0.6) is 11.5 Å². The lowest BCUT2D eigenvalue weighted by molar-refractivity contribution is -0.154. The molecule has 1 unspecified atom stereocenters. The zero-order valence-electron chi connectivity index (χ0n) is 14.1. The fourth-order valence-electron chi connectivity index (χ4n) is 3.04. The molecule has 1 atom stereocenters. The average molecular weight is 333 g/mol. The number of methoxy groups -OCH3 is 1. The molecule has 1 heterocycles. The molecule has 1 aromatic carbocycles. The Labute approximate surface area is 141 Å². The zero-order chi connectivity index (χ0) is 16.9. The Bertz CT molecular complexity index is 622. The Morgan fingerprint density at radius 3 is 2.79 bits per heavy atom. The summed E-state index contributed by atoms with van der Waals surface area (Å²) in [5, 5.41) is 4.04. The van der Waals surface area contributed by atoms with Crippen LogP contribution < -0.4 is 9.47 Å². The van der Waals surface area contributed by atoms with Gasteiger partial charge in [-0.1, -0.05) is 5.16 Å². The summed E-state index contributed by atoms with van der Waals surface area (Å²) in [6.07, 6.45) is 4.52. The molecular weight excluding hydrogens is 310 g/mol. The van der Waals surface area contributed by atoms with Gasteiger partial charge in [0.15, 0.2) is 11.5 Å². The first-order valence-electron chi connectivity index (χ1n) is 8.45. The second kappa shape index (κ2) is 7.55. The van der Waals surface area contributed by atoms with Gasteiger partial charge in [0.25, 0.3) is 0 Å². The van der Waals surface area contributed by atoms with Crippen molar-refractivity contribution in [2.45, 2.75) is 51.2 Å². The van der Waals surface area contributed by atoms with Crippen LogP contribution in [0.4, 0.5) is 0 Å². The normalized spacial score (nSPS) is 20.4. The smallest absolute Gasteiger partial charge is 0.350 e. The van der Waals surface area contributed by atoms with Gasteiger partial charge in [0.05, 0.1) is 25.5 Å². The summed E-state index contributed by atoms with van der Waals surface area (Å²) < 4.78 is 16.5. The van der Waals surface area contributed by atoms with E-state index in [0.29, 0.717) is 30.2 Å². The van der Waals surface area contributed by atoms with Gasteiger partial charge in [0.2, 0.25) is 6.10 Å². The van der Waals surface area contributed by atoms with E-state index in [1.54, 1.807) is 14.0 Å². The molecule has 6 heteroatoms. The molecule has 1 aliphatic carbocycles. The van der Waals surface area contributed by atoms with Crippen LogP contribution in [0.1, 0.15) is 44.6 Å². The van der Waals surface area contributed by atoms with Crippen LogP contribution in [0.3, 0.4) is 0 Å². The summed E-state index contributed by atoms with van der Waals surface area (Å²) in [5.41, 5.74) is 1.59. The monoisotopic (exact) mass is 333 g/mol. The lowest BCUT2D eigenvalue weighted by Gasteiger charge is -2.16. The molecule has 0 aromatic heterocycles. The van der Waals surface area contributed by atoms with Crippen LogP contribution in [0.15, 0.2) is 23.4 Å². The van der Waals surface area contributed by atoms with Crippen LogP contribution in [0.25, 0.3) is 0 Å². The van der Waals surface area contributed by atoms with Crippen molar-refractivity contribution < 1.29 is 23.8 Å². The first kappa shape index (κ1) is 16.6. The van der Waals surface area contributed by atoms with Crippen molar-refractivity contribution in [1.82, 2.24) is 0 Å². The van der Waals surface area contributed by atoms with Crippen LogP contribution in [-0.2, 0) is 14.4 Å². The molecule has 130 valence electrons. The molecule has 1 aromatic rings. The van der Waals surface area contributed by atoms with Gasteiger partial charge in [-0.05, 0) is 50.8 Å².